The first-order valence-electron chi connectivity index (χ1n) is 4.98. The molecule has 2 heteroatoms. The number of nitrogens with zero attached hydrogens (tertiary/aromatic N) is 1. The summed E-state index contributed by atoms with van der Waals surface area (Å²) in [6.07, 6.45) is 6.94. The van der Waals surface area contributed by atoms with E-state index in [1.807, 2.05) is 18.5 Å². The van der Waals surface area contributed by atoms with E-state index in [1.165, 1.54) is 11.1 Å². The number of pyridine rings is 1. The summed E-state index contributed by atoms with van der Waals surface area (Å²) in [5.41, 5.74) is 8.60. The summed E-state index contributed by atoms with van der Waals surface area (Å²) in [5.74, 6) is 0. The van der Waals surface area contributed by atoms with E-state index in [0.717, 1.165) is 19.3 Å². The van der Waals surface area contributed by atoms with Gasteiger partial charge in [0.1, 0.15) is 0 Å². The molecule has 0 amide bonds. The molecule has 0 aliphatic rings. The maximum absolute atomic E-state index is 6.05. The fourth-order valence-electron chi connectivity index (χ4n) is 1.56. The standard InChI is InChI=1S/C11H18N2/c1-3-5-11(12)10-6-7-13-8-9(10)4-2/h6-8,11H,3-5,12H2,1-2H3/t11-/m0/s1. The van der Waals surface area contributed by atoms with Crippen LogP contribution in [0.5, 0.6) is 0 Å². The Morgan fingerprint density at radius 3 is 2.85 bits per heavy atom. The van der Waals surface area contributed by atoms with E-state index in [4.69, 9.17) is 5.73 Å². The third-order valence-electron chi connectivity index (χ3n) is 2.32. The fraction of sp³-hybridized carbons (Fsp3) is 0.545. The summed E-state index contributed by atoms with van der Waals surface area (Å²) in [5, 5.41) is 0. The van der Waals surface area contributed by atoms with Crippen LogP contribution in [0.4, 0.5) is 0 Å². The van der Waals surface area contributed by atoms with E-state index in [1.54, 1.807) is 0 Å². The molecule has 0 aliphatic carbocycles. The topological polar surface area (TPSA) is 38.9 Å². The summed E-state index contributed by atoms with van der Waals surface area (Å²) in [4.78, 5) is 4.10. The lowest BCUT2D eigenvalue weighted by Crippen LogP contribution is -2.12. The molecule has 0 unspecified atom stereocenters. The molecule has 72 valence electrons. The zero-order chi connectivity index (χ0) is 9.68. The van der Waals surface area contributed by atoms with Crippen molar-refractivity contribution in [3.8, 4) is 0 Å². The summed E-state index contributed by atoms with van der Waals surface area (Å²) < 4.78 is 0. The molecule has 0 bridgehead atoms. The number of rotatable bonds is 4. The molecule has 2 nitrogen and oxygen atoms in total. The van der Waals surface area contributed by atoms with Gasteiger partial charge in [-0.15, -0.1) is 0 Å². The molecule has 0 aromatic carbocycles. The molecular formula is C11H18N2. The Morgan fingerprint density at radius 1 is 1.46 bits per heavy atom. The van der Waals surface area contributed by atoms with Crippen molar-refractivity contribution in [1.82, 2.24) is 4.98 Å². The Bertz CT molecular complexity index is 258. The van der Waals surface area contributed by atoms with Crippen LogP contribution in [-0.2, 0) is 6.42 Å². The SMILES string of the molecule is CCC[C@H](N)c1ccncc1CC. The highest BCUT2D eigenvalue weighted by Gasteiger charge is 2.08. The van der Waals surface area contributed by atoms with Gasteiger partial charge in [-0.1, -0.05) is 20.3 Å². The average molecular weight is 178 g/mol. The monoisotopic (exact) mass is 178 g/mol. The Kier molecular flexibility index (Phi) is 3.90. The molecule has 1 heterocycles. The number of nitrogens with two attached hydrogens (primary N) is 1. The van der Waals surface area contributed by atoms with E-state index in [2.05, 4.69) is 18.8 Å². The Morgan fingerprint density at radius 2 is 2.23 bits per heavy atom. The minimum Gasteiger partial charge on any atom is -0.324 e. The average Bonchev–Trinajstić information content (AvgIpc) is 2.18. The molecule has 13 heavy (non-hydrogen) atoms. The van der Waals surface area contributed by atoms with Crippen molar-refractivity contribution in [2.24, 2.45) is 5.73 Å². The van der Waals surface area contributed by atoms with Gasteiger partial charge in [-0.25, -0.2) is 0 Å². The summed E-state index contributed by atoms with van der Waals surface area (Å²) in [6, 6.07) is 2.22. The van der Waals surface area contributed by atoms with Gasteiger partial charge < -0.3 is 5.73 Å². The zero-order valence-electron chi connectivity index (χ0n) is 8.46. The second kappa shape index (κ2) is 4.97. The molecule has 2 N–H and O–H groups in total. The predicted octanol–water partition coefficient (Wildman–Crippen LogP) is 2.44. The van der Waals surface area contributed by atoms with Crippen molar-refractivity contribution < 1.29 is 0 Å². The van der Waals surface area contributed by atoms with Crippen molar-refractivity contribution in [1.29, 1.82) is 0 Å². The van der Waals surface area contributed by atoms with Crippen LogP contribution < -0.4 is 5.73 Å². The third kappa shape index (κ3) is 2.52. The van der Waals surface area contributed by atoms with Crippen LogP contribution in [0, 0.1) is 0 Å². The lowest BCUT2D eigenvalue weighted by atomic mass is 9.98. The normalized spacial score (nSPS) is 12.8. The number of aromatic nitrogens is 1. The van der Waals surface area contributed by atoms with Crippen molar-refractivity contribution >= 4 is 0 Å². The van der Waals surface area contributed by atoms with E-state index in [9.17, 15) is 0 Å². The molecule has 0 spiro atoms. The van der Waals surface area contributed by atoms with E-state index >= 15 is 0 Å². The van der Waals surface area contributed by atoms with E-state index in [0.29, 0.717) is 0 Å². The van der Waals surface area contributed by atoms with Crippen molar-refractivity contribution in [3.63, 3.8) is 0 Å². The molecule has 0 radical (unpaired) electrons. The molecule has 0 saturated heterocycles. The molecule has 1 aromatic rings. The van der Waals surface area contributed by atoms with Gasteiger partial charge in [0.2, 0.25) is 0 Å². The molecule has 0 aliphatic heterocycles. The first-order valence-corrected chi connectivity index (χ1v) is 4.98. The van der Waals surface area contributed by atoms with Crippen LogP contribution in [0.25, 0.3) is 0 Å². The zero-order valence-corrected chi connectivity index (χ0v) is 8.46. The summed E-state index contributed by atoms with van der Waals surface area (Å²) in [6.45, 7) is 4.30. The van der Waals surface area contributed by atoms with Gasteiger partial charge in [0.15, 0.2) is 0 Å². The van der Waals surface area contributed by atoms with Crippen LogP contribution in [0.3, 0.4) is 0 Å². The van der Waals surface area contributed by atoms with Gasteiger partial charge in [0, 0.05) is 18.4 Å². The quantitative estimate of drug-likeness (QED) is 0.769. The van der Waals surface area contributed by atoms with Crippen molar-refractivity contribution in [3.05, 3.63) is 29.6 Å². The maximum Gasteiger partial charge on any atom is 0.0303 e. The molecule has 0 saturated carbocycles. The first kappa shape index (κ1) is 10.2. The predicted molar refractivity (Wildman–Crippen MR) is 55.5 cm³/mol. The smallest absolute Gasteiger partial charge is 0.0303 e. The Balaban J connectivity index is 2.85. The van der Waals surface area contributed by atoms with Gasteiger partial charge in [0.25, 0.3) is 0 Å². The first-order chi connectivity index (χ1) is 6.29. The highest BCUT2D eigenvalue weighted by molar-refractivity contribution is 5.26. The number of aryl methyl sites for hydroxylation is 1. The fourth-order valence-corrected chi connectivity index (χ4v) is 1.56. The van der Waals surface area contributed by atoms with Crippen LogP contribution >= 0.6 is 0 Å². The largest absolute Gasteiger partial charge is 0.324 e. The van der Waals surface area contributed by atoms with Gasteiger partial charge in [0.05, 0.1) is 0 Å². The van der Waals surface area contributed by atoms with Crippen LogP contribution in [0.1, 0.15) is 43.9 Å². The lowest BCUT2D eigenvalue weighted by Gasteiger charge is -2.13. The molecule has 0 fully saturated rings. The third-order valence-corrected chi connectivity index (χ3v) is 2.32. The van der Waals surface area contributed by atoms with Gasteiger partial charge in [-0.3, -0.25) is 4.98 Å². The lowest BCUT2D eigenvalue weighted by molar-refractivity contribution is 0.631. The summed E-state index contributed by atoms with van der Waals surface area (Å²) in [7, 11) is 0. The van der Waals surface area contributed by atoms with Crippen LogP contribution in [0.2, 0.25) is 0 Å². The molecular weight excluding hydrogens is 160 g/mol. The Hall–Kier alpha value is -0.890. The molecule has 1 atom stereocenters. The number of hydrogen-bond acceptors (Lipinski definition) is 2. The number of hydrogen-bond donors (Lipinski definition) is 1. The summed E-state index contributed by atoms with van der Waals surface area (Å²) >= 11 is 0. The highest BCUT2D eigenvalue weighted by Crippen LogP contribution is 2.19. The highest BCUT2D eigenvalue weighted by atomic mass is 14.7. The molecule has 1 rings (SSSR count). The van der Waals surface area contributed by atoms with Crippen molar-refractivity contribution in [2.75, 3.05) is 0 Å². The Labute approximate surface area is 80.2 Å². The molecule has 1 aromatic heterocycles. The second-order valence-corrected chi connectivity index (χ2v) is 3.32. The van der Waals surface area contributed by atoms with Crippen LogP contribution in [-0.4, -0.2) is 4.98 Å². The van der Waals surface area contributed by atoms with Gasteiger partial charge >= 0.3 is 0 Å². The van der Waals surface area contributed by atoms with Crippen LogP contribution in [0.15, 0.2) is 18.5 Å². The van der Waals surface area contributed by atoms with E-state index < -0.39 is 0 Å². The second-order valence-electron chi connectivity index (χ2n) is 3.32. The maximum atomic E-state index is 6.05. The van der Waals surface area contributed by atoms with Crippen molar-refractivity contribution in [2.45, 2.75) is 39.2 Å². The minimum atomic E-state index is 0.183. The minimum absolute atomic E-state index is 0.183. The van der Waals surface area contributed by atoms with Gasteiger partial charge in [-0.05, 0) is 30.0 Å². The van der Waals surface area contributed by atoms with Gasteiger partial charge in [-0.2, -0.15) is 0 Å². The van der Waals surface area contributed by atoms with E-state index in [-0.39, 0.29) is 6.04 Å².